The minimum absolute atomic E-state index is 0.101. The number of Topliss-reactive ketones (excluding diaryl/α,β-unsaturated/α-hetero) is 1. The Morgan fingerprint density at radius 2 is 2.47 bits per heavy atom. The van der Waals surface area contributed by atoms with Crippen molar-refractivity contribution in [2.24, 2.45) is 7.05 Å². The van der Waals surface area contributed by atoms with E-state index in [4.69, 9.17) is 0 Å². The molecule has 0 amide bonds. The van der Waals surface area contributed by atoms with Crippen LogP contribution < -0.4 is 0 Å². The molecular formula is C10H9BrN2OS. The summed E-state index contributed by atoms with van der Waals surface area (Å²) in [6, 6.07) is 3.71. The third-order valence-electron chi connectivity index (χ3n) is 2.06. The number of thiophene rings is 1. The molecule has 78 valence electrons. The van der Waals surface area contributed by atoms with Gasteiger partial charge in [0.1, 0.15) is 5.69 Å². The van der Waals surface area contributed by atoms with Crippen molar-refractivity contribution >= 4 is 33.0 Å². The number of aromatic nitrogens is 2. The molecule has 0 N–H and O–H groups in total. The summed E-state index contributed by atoms with van der Waals surface area (Å²) in [6.07, 6.45) is 2.08. The third kappa shape index (κ3) is 2.35. The molecule has 5 heteroatoms. The standard InChI is InChI=1S/C10H9BrN2OS/c1-13-9(2-3-12-13)10(14)5-8-4-7(11)6-15-8/h2-4,6H,5H2,1H3. The summed E-state index contributed by atoms with van der Waals surface area (Å²) in [5.41, 5.74) is 0.652. The highest BCUT2D eigenvalue weighted by Crippen LogP contribution is 2.21. The van der Waals surface area contributed by atoms with Gasteiger partial charge in [-0.2, -0.15) is 5.10 Å². The minimum atomic E-state index is 0.101. The molecule has 0 aliphatic carbocycles. The Bertz CT molecular complexity index is 489. The first-order valence-corrected chi connectivity index (χ1v) is 6.08. The van der Waals surface area contributed by atoms with Crippen molar-refractivity contribution in [2.75, 3.05) is 0 Å². The Morgan fingerprint density at radius 1 is 1.67 bits per heavy atom. The van der Waals surface area contributed by atoms with Gasteiger partial charge in [-0.05, 0) is 28.1 Å². The first-order valence-electron chi connectivity index (χ1n) is 4.41. The van der Waals surface area contributed by atoms with E-state index in [9.17, 15) is 4.79 Å². The van der Waals surface area contributed by atoms with Crippen molar-refractivity contribution in [3.63, 3.8) is 0 Å². The Balaban J connectivity index is 2.14. The lowest BCUT2D eigenvalue weighted by molar-refractivity contribution is 0.0985. The van der Waals surface area contributed by atoms with Gasteiger partial charge in [-0.3, -0.25) is 9.48 Å². The Labute approximate surface area is 99.9 Å². The fourth-order valence-electron chi connectivity index (χ4n) is 1.34. The second-order valence-electron chi connectivity index (χ2n) is 3.17. The Hall–Kier alpha value is -0.940. The lowest BCUT2D eigenvalue weighted by Gasteiger charge is -1.98. The predicted molar refractivity (Wildman–Crippen MR) is 63.3 cm³/mol. The largest absolute Gasteiger partial charge is 0.292 e. The van der Waals surface area contributed by atoms with E-state index in [-0.39, 0.29) is 5.78 Å². The van der Waals surface area contributed by atoms with Crippen molar-refractivity contribution in [2.45, 2.75) is 6.42 Å². The molecule has 2 heterocycles. The van der Waals surface area contributed by atoms with Crippen molar-refractivity contribution in [1.29, 1.82) is 0 Å². The van der Waals surface area contributed by atoms with Gasteiger partial charge in [0, 0.05) is 34.4 Å². The molecule has 0 fully saturated rings. The van der Waals surface area contributed by atoms with Crippen LogP contribution in [0.4, 0.5) is 0 Å². The predicted octanol–water partition coefficient (Wildman–Crippen LogP) is 2.67. The molecule has 0 unspecified atom stereocenters. The topological polar surface area (TPSA) is 34.9 Å². The number of rotatable bonds is 3. The number of carbonyl (C=O) groups excluding carboxylic acids is 1. The maximum atomic E-state index is 11.8. The van der Waals surface area contributed by atoms with E-state index in [0.717, 1.165) is 9.35 Å². The van der Waals surface area contributed by atoms with Gasteiger partial charge in [0.15, 0.2) is 5.78 Å². The Kier molecular flexibility index (Phi) is 3.02. The van der Waals surface area contributed by atoms with Crippen LogP contribution in [0.3, 0.4) is 0 Å². The molecule has 0 aliphatic heterocycles. The lowest BCUT2D eigenvalue weighted by Crippen LogP contribution is -2.08. The summed E-state index contributed by atoms with van der Waals surface area (Å²) in [5.74, 6) is 0.101. The molecular weight excluding hydrogens is 276 g/mol. The zero-order chi connectivity index (χ0) is 10.8. The van der Waals surface area contributed by atoms with Crippen molar-refractivity contribution in [3.05, 3.63) is 38.8 Å². The van der Waals surface area contributed by atoms with Crippen LogP contribution >= 0.6 is 27.3 Å². The van der Waals surface area contributed by atoms with Gasteiger partial charge in [-0.1, -0.05) is 0 Å². The molecule has 2 aromatic heterocycles. The van der Waals surface area contributed by atoms with E-state index in [1.165, 1.54) is 0 Å². The normalized spacial score (nSPS) is 10.5. The van der Waals surface area contributed by atoms with Crippen LogP contribution in [0.15, 0.2) is 28.2 Å². The van der Waals surface area contributed by atoms with Gasteiger partial charge in [-0.25, -0.2) is 0 Å². The quantitative estimate of drug-likeness (QED) is 0.813. The highest BCUT2D eigenvalue weighted by molar-refractivity contribution is 9.10. The van der Waals surface area contributed by atoms with Gasteiger partial charge < -0.3 is 0 Å². The average molecular weight is 285 g/mol. The van der Waals surface area contributed by atoms with Crippen LogP contribution in [0.1, 0.15) is 15.4 Å². The van der Waals surface area contributed by atoms with Gasteiger partial charge in [-0.15, -0.1) is 11.3 Å². The first kappa shape index (κ1) is 10.6. The lowest BCUT2D eigenvalue weighted by atomic mass is 10.2. The monoisotopic (exact) mass is 284 g/mol. The van der Waals surface area contributed by atoms with Crippen molar-refractivity contribution < 1.29 is 4.79 Å². The van der Waals surface area contributed by atoms with Crippen molar-refractivity contribution in [1.82, 2.24) is 9.78 Å². The number of ketones is 1. The SMILES string of the molecule is Cn1nccc1C(=O)Cc1cc(Br)cs1. The maximum absolute atomic E-state index is 11.8. The zero-order valence-electron chi connectivity index (χ0n) is 8.11. The summed E-state index contributed by atoms with van der Waals surface area (Å²) in [7, 11) is 1.78. The number of halogens is 1. The van der Waals surface area contributed by atoms with Gasteiger partial charge in [0.05, 0.1) is 0 Å². The number of aryl methyl sites for hydroxylation is 1. The van der Waals surface area contributed by atoms with E-state index in [0.29, 0.717) is 12.1 Å². The molecule has 0 saturated heterocycles. The van der Waals surface area contributed by atoms with E-state index in [2.05, 4.69) is 21.0 Å². The molecule has 15 heavy (non-hydrogen) atoms. The van der Waals surface area contributed by atoms with Gasteiger partial charge >= 0.3 is 0 Å². The summed E-state index contributed by atoms with van der Waals surface area (Å²) < 4.78 is 2.63. The van der Waals surface area contributed by atoms with Gasteiger partial charge in [0.25, 0.3) is 0 Å². The molecule has 0 atom stereocenters. The highest BCUT2D eigenvalue weighted by Gasteiger charge is 2.11. The number of carbonyl (C=O) groups is 1. The molecule has 2 rings (SSSR count). The molecule has 2 aromatic rings. The van der Waals surface area contributed by atoms with Crippen LogP contribution in [0.2, 0.25) is 0 Å². The fraction of sp³-hybridized carbons (Fsp3) is 0.200. The summed E-state index contributed by atoms with van der Waals surface area (Å²) in [6.45, 7) is 0. The molecule has 0 spiro atoms. The smallest absolute Gasteiger partial charge is 0.186 e. The first-order chi connectivity index (χ1) is 7.16. The maximum Gasteiger partial charge on any atom is 0.186 e. The molecule has 3 nitrogen and oxygen atoms in total. The van der Waals surface area contributed by atoms with Crippen LogP contribution in [0.25, 0.3) is 0 Å². The van der Waals surface area contributed by atoms with E-state index in [1.807, 2.05) is 11.4 Å². The molecule has 0 aliphatic rings. The van der Waals surface area contributed by atoms with E-state index in [1.54, 1.807) is 35.3 Å². The van der Waals surface area contributed by atoms with Gasteiger partial charge in [0.2, 0.25) is 0 Å². The molecule has 0 radical (unpaired) electrons. The number of nitrogens with zero attached hydrogens (tertiary/aromatic N) is 2. The summed E-state index contributed by atoms with van der Waals surface area (Å²) >= 11 is 4.95. The highest BCUT2D eigenvalue weighted by atomic mass is 79.9. The second kappa shape index (κ2) is 4.28. The second-order valence-corrected chi connectivity index (χ2v) is 5.08. The average Bonchev–Trinajstić information content (AvgIpc) is 2.75. The van der Waals surface area contributed by atoms with E-state index < -0.39 is 0 Å². The third-order valence-corrected chi connectivity index (χ3v) is 3.76. The molecule has 0 saturated carbocycles. The number of hydrogen-bond acceptors (Lipinski definition) is 3. The summed E-state index contributed by atoms with van der Waals surface area (Å²) in [5, 5.41) is 5.95. The number of hydrogen-bond donors (Lipinski definition) is 0. The van der Waals surface area contributed by atoms with Crippen LogP contribution in [-0.4, -0.2) is 15.6 Å². The molecule has 0 bridgehead atoms. The van der Waals surface area contributed by atoms with Crippen LogP contribution in [0.5, 0.6) is 0 Å². The fourth-order valence-corrected chi connectivity index (χ4v) is 2.79. The van der Waals surface area contributed by atoms with Crippen molar-refractivity contribution in [3.8, 4) is 0 Å². The molecule has 0 aromatic carbocycles. The van der Waals surface area contributed by atoms with Crippen LogP contribution in [-0.2, 0) is 13.5 Å². The van der Waals surface area contributed by atoms with Crippen LogP contribution in [0, 0.1) is 0 Å². The summed E-state index contributed by atoms with van der Waals surface area (Å²) in [4.78, 5) is 12.9. The Morgan fingerprint density at radius 3 is 3.00 bits per heavy atom. The zero-order valence-corrected chi connectivity index (χ0v) is 10.5. The minimum Gasteiger partial charge on any atom is -0.292 e. The van der Waals surface area contributed by atoms with E-state index >= 15 is 0 Å².